The molecule has 0 aromatic heterocycles. The smallest absolute Gasteiger partial charge is 0.230 e. The highest BCUT2D eigenvalue weighted by Gasteiger charge is 2.48. The summed E-state index contributed by atoms with van der Waals surface area (Å²) in [6.45, 7) is 2.76. The van der Waals surface area contributed by atoms with Gasteiger partial charge in [-0.1, -0.05) is 0 Å². The number of benzene rings is 1. The molecule has 18 heavy (non-hydrogen) atoms. The Morgan fingerprint density at radius 1 is 1.22 bits per heavy atom. The summed E-state index contributed by atoms with van der Waals surface area (Å²) < 4.78 is 0. The number of hydrogen-bond donors (Lipinski definition) is 1. The Kier molecular flexibility index (Phi) is 2.77. The summed E-state index contributed by atoms with van der Waals surface area (Å²) in [6.07, 6.45) is 3.57. The van der Waals surface area contributed by atoms with Crippen molar-refractivity contribution in [1.82, 2.24) is 0 Å². The van der Waals surface area contributed by atoms with Crippen molar-refractivity contribution in [3.8, 4) is 0 Å². The fourth-order valence-corrected chi connectivity index (χ4v) is 3.26. The molecule has 0 aliphatic heterocycles. The van der Waals surface area contributed by atoms with Crippen LogP contribution in [0, 0.1) is 17.8 Å². The van der Waals surface area contributed by atoms with Crippen molar-refractivity contribution in [1.29, 1.82) is 0 Å². The van der Waals surface area contributed by atoms with E-state index in [1.165, 1.54) is 6.42 Å². The van der Waals surface area contributed by atoms with Gasteiger partial charge in [-0.3, -0.25) is 4.79 Å². The highest BCUT2D eigenvalue weighted by Crippen LogP contribution is 2.54. The van der Waals surface area contributed by atoms with Gasteiger partial charge in [-0.2, -0.15) is 0 Å². The minimum atomic E-state index is 0.256. The molecular formula is C15H20N2O. The molecule has 2 aliphatic carbocycles. The number of carbonyl (C=O) groups excluding carboxylic acids is 1. The molecular weight excluding hydrogens is 224 g/mol. The molecule has 3 nitrogen and oxygen atoms in total. The summed E-state index contributed by atoms with van der Waals surface area (Å²) >= 11 is 0. The zero-order chi connectivity index (χ0) is 12.7. The van der Waals surface area contributed by atoms with Gasteiger partial charge in [0.05, 0.1) is 0 Å². The Hall–Kier alpha value is -1.51. The SMILES string of the molecule is CCN(C(=O)C1CC2CC2C1)c1ccc(N)cc1. The van der Waals surface area contributed by atoms with E-state index in [9.17, 15) is 4.79 Å². The van der Waals surface area contributed by atoms with Gasteiger partial charge in [0, 0.05) is 23.8 Å². The number of rotatable bonds is 3. The number of hydrogen-bond acceptors (Lipinski definition) is 2. The van der Waals surface area contributed by atoms with Gasteiger partial charge in [-0.15, -0.1) is 0 Å². The Balaban J connectivity index is 1.75. The number of carbonyl (C=O) groups is 1. The first-order valence-corrected chi connectivity index (χ1v) is 6.86. The Labute approximate surface area is 108 Å². The summed E-state index contributed by atoms with van der Waals surface area (Å²) in [6, 6.07) is 7.59. The molecule has 2 saturated carbocycles. The quantitative estimate of drug-likeness (QED) is 0.831. The van der Waals surface area contributed by atoms with Gasteiger partial charge in [-0.05, 0) is 62.3 Å². The molecule has 0 bridgehead atoms. The van der Waals surface area contributed by atoms with Crippen molar-refractivity contribution in [2.24, 2.45) is 17.8 Å². The second-order valence-corrected chi connectivity index (χ2v) is 5.60. The molecule has 2 N–H and O–H groups in total. The van der Waals surface area contributed by atoms with E-state index < -0.39 is 0 Å². The van der Waals surface area contributed by atoms with Crippen LogP contribution in [0.25, 0.3) is 0 Å². The van der Waals surface area contributed by atoms with Gasteiger partial charge in [0.25, 0.3) is 0 Å². The predicted molar refractivity (Wildman–Crippen MR) is 73.2 cm³/mol. The molecule has 0 spiro atoms. The lowest BCUT2D eigenvalue weighted by Crippen LogP contribution is -2.35. The van der Waals surface area contributed by atoms with Crippen LogP contribution in [0.3, 0.4) is 0 Å². The predicted octanol–water partition coefficient (Wildman–Crippen LogP) is 2.67. The standard InChI is InChI=1S/C15H20N2O/c1-2-17(14-5-3-13(16)4-6-14)15(18)12-8-10-7-11(10)9-12/h3-6,10-12H,2,7-9,16H2,1H3. The van der Waals surface area contributed by atoms with E-state index in [0.29, 0.717) is 5.91 Å². The van der Waals surface area contributed by atoms with E-state index >= 15 is 0 Å². The summed E-state index contributed by atoms with van der Waals surface area (Å²) in [7, 11) is 0. The monoisotopic (exact) mass is 244 g/mol. The maximum absolute atomic E-state index is 12.5. The molecule has 1 aromatic rings. The lowest BCUT2D eigenvalue weighted by molar-refractivity contribution is -0.122. The number of nitrogen functional groups attached to an aromatic ring is 1. The Bertz CT molecular complexity index is 444. The maximum Gasteiger partial charge on any atom is 0.230 e. The van der Waals surface area contributed by atoms with Gasteiger partial charge >= 0.3 is 0 Å². The number of amides is 1. The fraction of sp³-hybridized carbons (Fsp3) is 0.533. The third kappa shape index (κ3) is 1.98. The van der Waals surface area contributed by atoms with Gasteiger partial charge in [0.1, 0.15) is 0 Å². The second kappa shape index (κ2) is 4.30. The summed E-state index contributed by atoms with van der Waals surface area (Å²) in [5, 5.41) is 0. The number of nitrogens with zero attached hydrogens (tertiary/aromatic N) is 1. The van der Waals surface area contributed by atoms with Crippen LogP contribution in [-0.2, 0) is 4.79 Å². The third-order valence-electron chi connectivity index (χ3n) is 4.38. The average molecular weight is 244 g/mol. The van der Waals surface area contributed by atoms with Gasteiger partial charge in [0.15, 0.2) is 0 Å². The summed E-state index contributed by atoms with van der Waals surface area (Å²) in [4.78, 5) is 14.4. The first-order valence-electron chi connectivity index (χ1n) is 6.86. The summed E-state index contributed by atoms with van der Waals surface area (Å²) in [5.41, 5.74) is 7.40. The van der Waals surface area contributed by atoms with Crippen molar-refractivity contribution in [3.63, 3.8) is 0 Å². The number of fused-ring (bicyclic) bond motifs is 1. The minimum Gasteiger partial charge on any atom is -0.399 e. The molecule has 0 heterocycles. The highest BCUT2D eigenvalue weighted by molar-refractivity contribution is 5.95. The van der Waals surface area contributed by atoms with Crippen LogP contribution < -0.4 is 10.6 Å². The van der Waals surface area contributed by atoms with E-state index in [1.54, 1.807) is 0 Å². The van der Waals surface area contributed by atoms with Crippen molar-refractivity contribution in [2.75, 3.05) is 17.2 Å². The molecule has 2 unspecified atom stereocenters. The minimum absolute atomic E-state index is 0.256. The molecule has 0 radical (unpaired) electrons. The molecule has 2 atom stereocenters. The van der Waals surface area contributed by atoms with E-state index in [1.807, 2.05) is 36.1 Å². The van der Waals surface area contributed by atoms with Crippen LogP contribution in [0.1, 0.15) is 26.2 Å². The van der Waals surface area contributed by atoms with Gasteiger partial charge in [0.2, 0.25) is 5.91 Å². The highest BCUT2D eigenvalue weighted by atomic mass is 16.2. The largest absolute Gasteiger partial charge is 0.399 e. The van der Waals surface area contributed by atoms with E-state index in [0.717, 1.165) is 42.6 Å². The van der Waals surface area contributed by atoms with Crippen LogP contribution >= 0.6 is 0 Å². The Morgan fingerprint density at radius 2 is 1.83 bits per heavy atom. The van der Waals surface area contributed by atoms with Crippen LogP contribution in [0.2, 0.25) is 0 Å². The molecule has 1 aromatic carbocycles. The number of anilines is 2. The normalized spacial score (nSPS) is 28.8. The molecule has 2 fully saturated rings. The van der Waals surface area contributed by atoms with E-state index in [2.05, 4.69) is 0 Å². The lowest BCUT2D eigenvalue weighted by Gasteiger charge is -2.25. The molecule has 2 aliphatic rings. The topological polar surface area (TPSA) is 46.3 Å². The fourth-order valence-electron chi connectivity index (χ4n) is 3.26. The second-order valence-electron chi connectivity index (χ2n) is 5.60. The van der Waals surface area contributed by atoms with Crippen LogP contribution in [-0.4, -0.2) is 12.5 Å². The van der Waals surface area contributed by atoms with Crippen LogP contribution in [0.5, 0.6) is 0 Å². The van der Waals surface area contributed by atoms with Gasteiger partial charge < -0.3 is 10.6 Å². The van der Waals surface area contributed by atoms with Crippen LogP contribution in [0.4, 0.5) is 11.4 Å². The third-order valence-corrected chi connectivity index (χ3v) is 4.38. The van der Waals surface area contributed by atoms with Crippen molar-refractivity contribution in [2.45, 2.75) is 26.2 Å². The molecule has 1 amide bonds. The van der Waals surface area contributed by atoms with E-state index in [-0.39, 0.29) is 5.92 Å². The molecule has 3 rings (SSSR count). The van der Waals surface area contributed by atoms with E-state index in [4.69, 9.17) is 5.73 Å². The van der Waals surface area contributed by atoms with Crippen LogP contribution in [0.15, 0.2) is 24.3 Å². The van der Waals surface area contributed by atoms with Crippen molar-refractivity contribution in [3.05, 3.63) is 24.3 Å². The first kappa shape index (κ1) is 11.6. The Morgan fingerprint density at radius 3 is 2.39 bits per heavy atom. The summed E-state index contributed by atoms with van der Waals surface area (Å²) in [5.74, 6) is 2.26. The van der Waals surface area contributed by atoms with Crippen molar-refractivity contribution < 1.29 is 4.79 Å². The average Bonchev–Trinajstić information content (AvgIpc) is 2.99. The van der Waals surface area contributed by atoms with Gasteiger partial charge in [-0.25, -0.2) is 0 Å². The zero-order valence-electron chi connectivity index (χ0n) is 10.8. The first-order chi connectivity index (χ1) is 8.69. The number of nitrogens with two attached hydrogens (primary N) is 1. The maximum atomic E-state index is 12.5. The lowest BCUT2D eigenvalue weighted by atomic mass is 10.0. The molecule has 3 heteroatoms. The molecule has 0 saturated heterocycles. The molecule has 96 valence electrons. The van der Waals surface area contributed by atoms with Crippen molar-refractivity contribution >= 4 is 17.3 Å². The zero-order valence-corrected chi connectivity index (χ0v) is 10.8.